The quantitative estimate of drug-likeness (QED) is 0.770. The predicted octanol–water partition coefficient (Wildman–Crippen LogP) is 3.98. The highest BCUT2D eigenvalue weighted by Crippen LogP contribution is 2.33. The van der Waals surface area contributed by atoms with E-state index < -0.39 is 0 Å². The van der Waals surface area contributed by atoms with Crippen molar-refractivity contribution in [2.75, 3.05) is 11.9 Å². The van der Waals surface area contributed by atoms with Gasteiger partial charge in [-0.05, 0) is 23.0 Å². The number of benzene rings is 1. The van der Waals surface area contributed by atoms with E-state index in [1.807, 2.05) is 0 Å². The molecule has 3 rings (SSSR count). The minimum Gasteiger partial charge on any atom is -0.320 e. The molecule has 0 saturated heterocycles. The number of H-pyrrole nitrogens is 1. The summed E-state index contributed by atoms with van der Waals surface area (Å²) in [4.78, 5) is 12.9. The zero-order valence-corrected chi connectivity index (χ0v) is 16.1. The highest BCUT2D eigenvalue weighted by atomic mass is 35.5. The minimum absolute atomic E-state index is 0. The zero-order valence-electron chi connectivity index (χ0n) is 15.3. The molecule has 2 heterocycles. The number of para-hydroxylation sites is 1. The van der Waals surface area contributed by atoms with Gasteiger partial charge in [-0.2, -0.15) is 5.10 Å². The van der Waals surface area contributed by atoms with Gasteiger partial charge in [0.2, 0.25) is 0 Å². The van der Waals surface area contributed by atoms with Crippen LogP contribution < -0.4 is 10.6 Å². The van der Waals surface area contributed by atoms with Gasteiger partial charge in [0.05, 0.1) is 0 Å². The summed E-state index contributed by atoms with van der Waals surface area (Å²) in [5.41, 5.74) is 5.83. The van der Waals surface area contributed by atoms with Crippen LogP contribution in [0, 0.1) is 0 Å². The van der Waals surface area contributed by atoms with Crippen molar-refractivity contribution in [3.05, 3.63) is 46.3 Å². The van der Waals surface area contributed by atoms with E-state index in [9.17, 15) is 4.79 Å². The number of nitrogens with one attached hydrogen (secondary N) is 3. The van der Waals surface area contributed by atoms with Gasteiger partial charge in [0.25, 0.3) is 5.91 Å². The fraction of sp³-hybridized carbons (Fsp3) is 0.474. The van der Waals surface area contributed by atoms with Crippen LogP contribution in [0.25, 0.3) is 0 Å². The molecular weight excluding hydrogens is 336 g/mol. The normalized spacial score (nSPS) is 13.5. The SMILES string of the molecule is CC(C)c1cccc(C(C)C)c1NC(=O)c1n[nH]c2c1CNCC2.Cl. The fourth-order valence-electron chi connectivity index (χ4n) is 3.28. The first-order valence-electron chi connectivity index (χ1n) is 8.70. The molecule has 1 aliphatic rings. The van der Waals surface area contributed by atoms with Gasteiger partial charge in [0, 0.05) is 36.5 Å². The van der Waals surface area contributed by atoms with Crippen LogP contribution in [0.3, 0.4) is 0 Å². The average molecular weight is 363 g/mol. The van der Waals surface area contributed by atoms with Crippen molar-refractivity contribution in [2.45, 2.75) is 52.5 Å². The molecule has 5 nitrogen and oxygen atoms in total. The lowest BCUT2D eigenvalue weighted by Crippen LogP contribution is -2.25. The summed E-state index contributed by atoms with van der Waals surface area (Å²) in [7, 11) is 0. The van der Waals surface area contributed by atoms with Crippen LogP contribution in [-0.4, -0.2) is 22.6 Å². The number of rotatable bonds is 4. The van der Waals surface area contributed by atoms with Gasteiger partial charge in [-0.15, -0.1) is 12.4 Å². The molecule has 0 unspecified atom stereocenters. The first-order chi connectivity index (χ1) is 11.5. The van der Waals surface area contributed by atoms with Gasteiger partial charge in [-0.3, -0.25) is 9.89 Å². The van der Waals surface area contributed by atoms with E-state index in [1.54, 1.807) is 0 Å². The van der Waals surface area contributed by atoms with Crippen LogP contribution in [0.1, 0.15) is 72.4 Å². The largest absolute Gasteiger partial charge is 0.320 e. The molecule has 1 aromatic heterocycles. The lowest BCUT2D eigenvalue weighted by atomic mass is 9.92. The molecule has 1 aliphatic heterocycles. The second kappa shape index (κ2) is 8.02. The number of carbonyl (C=O) groups excluding carboxylic acids is 1. The van der Waals surface area contributed by atoms with Crippen molar-refractivity contribution >= 4 is 24.0 Å². The van der Waals surface area contributed by atoms with Crippen LogP contribution in [0.2, 0.25) is 0 Å². The van der Waals surface area contributed by atoms with Gasteiger partial charge in [0.1, 0.15) is 0 Å². The number of nitrogens with zero attached hydrogens (tertiary/aromatic N) is 1. The third kappa shape index (κ3) is 3.88. The van der Waals surface area contributed by atoms with Crippen molar-refractivity contribution in [3.8, 4) is 0 Å². The second-order valence-electron chi connectivity index (χ2n) is 7.03. The molecule has 0 radical (unpaired) electrons. The summed E-state index contributed by atoms with van der Waals surface area (Å²) in [6.45, 7) is 10.2. The molecule has 0 aliphatic carbocycles. The zero-order chi connectivity index (χ0) is 17.3. The van der Waals surface area contributed by atoms with Gasteiger partial charge in [-0.25, -0.2) is 0 Å². The molecule has 1 aromatic carbocycles. The maximum Gasteiger partial charge on any atom is 0.276 e. The Labute approximate surface area is 155 Å². The maximum atomic E-state index is 12.9. The smallest absolute Gasteiger partial charge is 0.276 e. The highest BCUT2D eigenvalue weighted by molar-refractivity contribution is 6.05. The number of hydrogen-bond acceptors (Lipinski definition) is 3. The Morgan fingerprint density at radius 3 is 2.40 bits per heavy atom. The predicted molar refractivity (Wildman–Crippen MR) is 104 cm³/mol. The first-order valence-corrected chi connectivity index (χ1v) is 8.70. The van der Waals surface area contributed by atoms with E-state index in [0.717, 1.165) is 41.0 Å². The molecule has 0 saturated carbocycles. The van der Waals surface area contributed by atoms with E-state index in [4.69, 9.17) is 0 Å². The molecule has 0 fully saturated rings. The summed E-state index contributed by atoms with van der Waals surface area (Å²) in [5, 5.41) is 13.7. The number of aromatic amines is 1. The van der Waals surface area contributed by atoms with E-state index >= 15 is 0 Å². The Hall–Kier alpha value is -1.85. The molecular formula is C19H27ClN4O. The van der Waals surface area contributed by atoms with Gasteiger partial charge < -0.3 is 10.6 Å². The van der Waals surface area contributed by atoms with E-state index in [0.29, 0.717) is 24.1 Å². The number of carbonyl (C=O) groups is 1. The molecule has 6 heteroatoms. The molecule has 25 heavy (non-hydrogen) atoms. The van der Waals surface area contributed by atoms with Crippen LogP contribution >= 0.6 is 12.4 Å². The number of halogens is 1. The third-order valence-corrected chi connectivity index (χ3v) is 4.63. The Bertz CT molecular complexity index is 726. The summed E-state index contributed by atoms with van der Waals surface area (Å²) < 4.78 is 0. The number of fused-ring (bicyclic) bond motifs is 1. The van der Waals surface area contributed by atoms with Crippen LogP contribution in [0.5, 0.6) is 0 Å². The number of hydrogen-bond donors (Lipinski definition) is 3. The lowest BCUT2D eigenvalue weighted by Gasteiger charge is -2.20. The lowest BCUT2D eigenvalue weighted by molar-refractivity contribution is 0.102. The van der Waals surface area contributed by atoms with Crippen molar-refractivity contribution in [2.24, 2.45) is 0 Å². The summed E-state index contributed by atoms with van der Waals surface area (Å²) in [5.74, 6) is 0.550. The Morgan fingerprint density at radius 1 is 1.16 bits per heavy atom. The van der Waals surface area contributed by atoms with Gasteiger partial charge in [0.15, 0.2) is 5.69 Å². The van der Waals surface area contributed by atoms with Crippen LogP contribution in [0.15, 0.2) is 18.2 Å². The Balaban J connectivity index is 0.00000225. The van der Waals surface area contributed by atoms with Crippen molar-refractivity contribution in [3.63, 3.8) is 0 Å². The molecule has 2 aromatic rings. The number of amides is 1. The monoisotopic (exact) mass is 362 g/mol. The van der Waals surface area contributed by atoms with E-state index in [1.165, 1.54) is 0 Å². The summed E-state index contributed by atoms with van der Waals surface area (Å²) in [6, 6.07) is 6.25. The van der Waals surface area contributed by atoms with Crippen molar-refractivity contribution < 1.29 is 4.79 Å². The molecule has 136 valence electrons. The van der Waals surface area contributed by atoms with Crippen molar-refractivity contribution in [1.29, 1.82) is 0 Å². The average Bonchev–Trinajstić information content (AvgIpc) is 2.98. The molecule has 0 atom stereocenters. The van der Waals surface area contributed by atoms with E-state index in [2.05, 4.69) is 66.7 Å². The second-order valence-corrected chi connectivity index (χ2v) is 7.03. The molecule has 0 spiro atoms. The Kier molecular flexibility index (Phi) is 6.25. The number of aromatic nitrogens is 2. The minimum atomic E-state index is -0.133. The topological polar surface area (TPSA) is 69.8 Å². The highest BCUT2D eigenvalue weighted by Gasteiger charge is 2.23. The summed E-state index contributed by atoms with van der Waals surface area (Å²) >= 11 is 0. The standard InChI is InChI=1S/C19H26N4O.ClH/c1-11(2)13-6-5-7-14(12(3)4)17(13)21-19(24)18-15-10-20-9-8-16(15)22-23-18;/h5-7,11-12,20H,8-10H2,1-4H3,(H,21,24)(H,22,23);1H. The van der Waals surface area contributed by atoms with Gasteiger partial charge >= 0.3 is 0 Å². The van der Waals surface area contributed by atoms with Gasteiger partial charge in [-0.1, -0.05) is 45.9 Å². The first kappa shape index (κ1) is 19.5. The van der Waals surface area contributed by atoms with E-state index in [-0.39, 0.29) is 18.3 Å². The van der Waals surface area contributed by atoms with Crippen LogP contribution in [-0.2, 0) is 13.0 Å². The third-order valence-electron chi connectivity index (χ3n) is 4.63. The molecule has 0 bridgehead atoms. The van der Waals surface area contributed by atoms with Crippen molar-refractivity contribution in [1.82, 2.24) is 15.5 Å². The summed E-state index contributed by atoms with van der Waals surface area (Å²) in [6.07, 6.45) is 0.884. The fourth-order valence-corrected chi connectivity index (χ4v) is 3.28. The van der Waals surface area contributed by atoms with Crippen LogP contribution in [0.4, 0.5) is 5.69 Å². The maximum absolute atomic E-state index is 12.9. The number of anilines is 1. The Morgan fingerprint density at radius 2 is 1.80 bits per heavy atom. The molecule has 3 N–H and O–H groups in total. The molecule has 1 amide bonds.